The molecule has 2 aromatic rings. The maximum atomic E-state index is 12.6. The maximum Gasteiger partial charge on any atom is 0.234 e. The van der Waals surface area contributed by atoms with Crippen LogP contribution in [0.5, 0.6) is 5.75 Å². The van der Waals surface area contributed by atoms with Crippen molar-refractivity contribution in [1.29, 1.82) is 0 Å². The summed E-state index contributed by atoms with van der Waals surface area (Å²) in [5.41, 5.74) is 0.734. The van der Waals surface area contributed by atoms with Crippen LogP contribution in [-0.4, -0.2) is 27.7 Å². The Morgan fingerprint density at radius 2 is 2.16 bits per heavy atom. The second-order valence-corrected chi connectivity index (χ2v) is 5.46. The zero-order valence-electron chi connectivity index (χ0n) is 10.4. The third kappa shape index (κ3) is 2.71. The molecule has 2 rings (SSSR count). The van der Waals surface area contributed by atoms with Gasteiger partial charge in [-0.15, -0.1) is 0 Å². The van der Waals surface area contributed by atoms with E-state index in [4.69, 9.17) is 4.74 Å². The molecule has 5 nitrogen and oxygen atoms in total. The van der Waals surface area contributed by atoms with Gasteiger partial charge in [-0.3, -0.25) is 14.5 Å². The number of rotatable bonds is 4. The molecule has 7 heteroatoms. The van der Waals surface area contributed by atoms with Gasteiger partial charge in [0.2, 0.25) is 5.78 Å². The quantitative estimate of drug-likeness (QED) is 0.755. The van der Waals surface area contributed by atoms with Crippen LogP contribution in [0, 0.1) is 0 Å². The minimum Gasteiger partial charge on any atom is -0.493 e. The number of carbonyl (C=O) groups excluding carboxylic acids is 1. The molecule has 0 aromatic carbocycles. The van der Waals surface area contributed by atoms with Crippen LogP contribution in [0.15, 0.2) is 27.4 Å². The Hall–Kier alpha value is -1.21. The smallest absolute Gasteiger partial charge is 0.234 e. The van der Waals surface area contributed by atoms with Gasteiger partial charge < -0.3 is 4.74 Å². The lowest BCUT2D eigenvalue weighted by atomic mass is 10.2. The van der Waals surface area contributed by atoms with Crippen molar-refractivity contribution >= 4 is 37.6 Å². The van der Waals surface area contributed by atoms with Crippen LogP contribution in [0.2, 0.25) is 0 Å². The first-order valence-electron chi connectivity index (χ1n) is 5.54. The van der Waals surface area contributed by atoms with Crippen LogP contribution in [0.3, 0.4) is 0 Å². The van der Waals surface area contributed by atoms with Gasteiger partial charge >= 0.3 is 0 Å². The molecular formula is C12H11Br2N3O2. The molecule has 0 saturated carbocycles. The summed E-state index contributed by atoms with van der Waals surface area (Å²) in [6.45, 7) is 2.49. The van der Waals surface area contributed by atoms with Crippen molar-refractivity contribution in [3.8, 4) is 5.75 Å². The SMILES string of the molecule is CCn1ncc(OC)c1C(=O)c1ncc(Br)cc1Br. The third-order valence-electron chi connectivity index (χ3n) is 2.56. The lowest BCUT2D eigenvalue weighted by Gasteiger charge is -2.07. The molecule has 0 aliphatic rings. The highest BCUT2D eigenvalue weighted by Crippen LogP contribution is 2.26. The number of aryl methyl sites for hydroxylation is 1. The minimum atomic E-state index is -0.226. The number of halogens is 2. The molecule has 2 aromatic heterocycles. The first kappa shape index (κ1) is 14.2. The Bertz CT molecular complexity index is 604. The van der Waals surface area contributed by atoms with Crippen molar-refractivity contribution in [2.75, 3.05) is 7.11 Å². The van der Waals surface area contributed by atoms with E-state index in [0.29, 0.717) is 28.2 Å². The zero-order valence-corrected chi connectivity index (χ0v) is 13.5. The van der Waals surface area contributed by atoms with E-state index in [1.165, 1.54) is 13.3 Å². The van der Waals surface area contributed by atoms with E-state index < -0.39 is 0 Å². The zero-order chi connectivity index (χ0) is 14.0. The summed E-state index contributed by atoms with van der Waals surface area (Å²) >= 11 is 6.65. The second-order valence-electron chi connectivity index (χ2n) is 3.69. The molecule has 0 atom stereocenters. The van der Waals surface area contributed by atoms with Crippen molar-refractivity contribution in [3.05, 3.63) is 38.8 Å². The maximum absolute atomic E-state index is 12.6. The number of pyridine rings is 1. The molecule has 2 heterocycles. The Balaban J connectivity index is 2.52. The number of ketones is 1. The number of nitrogens with zero attached hydrogens (tertiary/aromatic N) is 3. The molecule has 0 aliphatic carbocycles. The molecule has 0 N–H and O–H groups in total. The largest absolute Gasteiger partial charge is 0.493 e. The van der Waals surface area contributed by atoms with Crippen LogP contribution >= 0.6 is 31.9 Å². The summed E-state index contributed by atoms with van der Waals surface area (Å²) < 4.78 is 8.19. The van der Waals surface area contributed by atoms with Crippen molar-refractivity contribution in [1.82, 2.24) is 14.8 Å². The molecule has 0 aliphatic heterocycles. The highest BCUT2D eigenvalue weighted by atomic mass is 79.9. The van der Waals surface area contributed by atoms with Gasteiger partial charge in [-0.25, -0.2) is 0 Å². The van der Waals surface area contributed by atoms with Crippen LogP contribution in [-0.2, 0) is 6.54 Å². The summed E-state index contributed by atoms with van der Waals surface area (Å²) in [4.78, 5) is 16.7. The molecule has 0 bridgehead atoms. The summed E-state index contributed by atoms with van der Waals surface area (Å²) in [7, 11) is 1.51. The van der Waals surface area contributed by atoms with Gasteiger partial charge in [-0.05, 0) is 44.8 Å². The van der Waals surface area contributed by atoms with E-state index in [-0.39, 0.29) is 5.78 Å². The topological polar surface area (TPSA) is 57.0 Å². The number of hydrogen-bond donors (Lipinski definition) is 0. The number of hydrogen-bond acceptors (Lipinski definition) is 4. The Morgan fingerprint density at radius 3 is 2.74 bits per heavy atom. The first-order valence-corrected chi connectivity index (χ1v) is 7.12. The Morgan fingerprint density at radius 1 is 1.42 bits per heavy atom. The van der Waals surface area contributed by atoms with Crippen LogP contribution < -0.4 is 4.74 Å². The number of methoxy groups -OCH3 is 1. The van der Waals surface area contributed by atoms with Gasteiger partial charge in [0.15, 0.2) is 11.4 Å². The Kier molecular flexibility index (Phi) is 4.36. The fraction of sp³-hybridized carbons (Fsp3) is 0.250. The standard InChI is InChI=1S/C12H11Br2N3O2/c1-3-17-11(9(19-2)6-16-17)12(18)10-8(14)4-7(13)5-15-10/h4-6H,3H2,1-2H3. The predicted octanol–water partition coefficient (Wildman–Crippen LogP) is 3.06. The molecule has 19 heavy (non-hydrogen) atoms. The molecular weight excluding hydrogens is 378 g/mol. The van der Waals surface area contributed by atoms with Crippen LogP contribution in [0.1, 0.15) is 23.1 Å². The summed E-state index contributed by atoms with van der Waals surface area (Å²) in [5.74, 6) is 0.221. The van der Waals surface area contributed by atoms with Gasteiger partial charge in [0.1, 0.15) is 5.69 Å². The fourth-order valence-electron chi connectivity index (χ4n) is 1.68. The van der Waals surface area contributed by atoms with E-state index in [1.54, 1.807) is 16.9 Å². The average Bonchev–Trinajstić information content (AvgIpc) is 2.80. The van der Waals surface area contributed by atoms with Gasteiger partial charge in [0, 0.05) is 21.7 Å². The normalized spacial score (nSPS) is 10.5. The van der Waals surface area contributed by atoms with Crippen LogP contribution in [0.4, 0.5) is 0 Å². The second kappa shape index (κ2) is 5.83. The lowest BCUT2D eigenvalue weighted by Crippen LogP contribution is -2.13. The Labute approximate surface area is 127 Å². The highest BCUT2D eigenvalue weighted by Gasteiger charge is 2.23. The molecule has 0 fully saturated rings. The molecule has 0 spiro atoms. The highest BCUT2D eigenvalue weighted by molar-refractivity contribution is 9.11. The van der Waals surface area contributed by atoms with E-state index >= 15 is 0 Å². The van der Waals surface area contributed by atoms with Crippen LogP contribution in [0.25, 0.3) is 0 Å². The molecule has 0 radical (unpaired) electrons. The van der Waals surface area contributed by atoms with Crippen molar-refractivity contribution in [2.45, 2.75) is 13.5 Å². The van der Waals surface area contributed by atoms with Crippen molar-refractivity contribution < 1.29 is 9.53 Å². The minimum absolute atomic E-state index is 0.226. The molecule has 100 valence electrons. The molecule has 0 amide bonds. The van der Waals surface area contributed by atoms with Gasteiger partial charge in [0.25, 0.3) is 0 Å². The third-order valence-corrected chi connectivity index (χ3v) is 3.60. The summed E-state index contributed by atoms with van der Waals surface area (Å²) in [6.07, 6.45) is 3.11. The van der Waals surface area contributed by atoms with E-state index in [9.17, 15) is 4.79 Å². The van der Waals surface area contributed by atoms with Gasteiger partial charge in [-0.2, -0.15) is 5.10 Å². The number of ether oxygens (including phenoxy) is 1. The molecule has 0 unspecified atom stereocenters. The van der Waals surface area contributed by atoms with Gasteiger partial charge in [0.05, 0.1) is 13.3 Å². The van der Waals surface area contributed by atoms with E-state index in [0.717, 1.165) is 4.47 Å². The first-order chi connectivity index (χ1) is 9.08. The van der Waals surface area contributed by atoms with E-state index in [1.807, 2.05) is 6.92 Å². The average molecular weight is 389 g/mol. The van der Waals surface area contributed by atoms with Gasteiger partial charge in [-0.1, -0.05) is 0 Å². The fourth-order valence-corrected chi connectivity index (χ4v) is 2.85. The van der Waals surface area contributed by atoms with Crippen molar-refractivity contribution in [2.24, 2.45) is 0 Å². The van der Waals surface area contributed by atoms with Crippen molar-refractivity contribution in [3.63, 3.8) is 0 Å². The molecule has 0 saturated heterocycles. The predicted molar refractivity (Wildman–Crippen MR) is 77.5 cm³/mol. The summed E-state index contributed by atoms with van der Waals surface area (Å²) in [5, 5.41) is 4.12. The number of carbonyl (C=O) groups is 1. The van der Waals surface area contributed by atoms with E-state index in [2.05, 4.69) is 41.9 Å². The monoisotopic (exact) mass is 387 g/mol. The number of aromatic nitrogens is 3. The summed E-state index contributed by atoms with van der Waals surface area (Å²) in [6, 6.07) is 1.78. The lowest BCUT2D eigenvalue weighted by molar-refractivity contribution is 0.102.